The molecule has 4 aliphatic carbocycles. The van der Waals surface area contributed by atoms with Crippen molar-refractivity contribution in [3.63, 3.8) is 0 Å². The third-order valence-electron chi connectivity index (χ3n) is 12.6. The summed E-state index contributed by atoms with van der Waals surface area (Å²) in [6.07, 6.45) is 8.62. The summed E-state index contributed by atoms with van der Waals surface area (Å²) in [5.41, 5.74) is -1.33. The van der Waals surface area contributed by atoms with Crippen molar-refractivity contribution < 1.29 is 20.4 Å². The number of hydrogen-bond donors (Lipinski definition) is 4. The summed E-state index contributed by atoms with van der Waals surface area (Å²) in [6, 6.07) is 0. The Morgan fingerprint density at radius 2 is 1.38 bits per heavy atom. The number of hydrogen-bond acceptors (Lipinski definition) is 4. The van der Waals surface area contributed by atoms with Gasteiger partial charge in [0.25, 0.3) is 0 Å². The molecule has 0 aromatic rings. The molecule has 0 heterocycles. The second-order valence-electron chi connectivity index (χ2n) is 15.4. The Morgan fingerprint density at radius 1 is 0.765 bits per heavy atom. The Hall–Kier alpha value is -0.160. The maximum absolute atomic E-state index is 11.8. The highest BCUT2D eigenvalue weighted by Crippen LogP contribution is 2.75. The van der Waals surface area contributed by atoms with E-state index in [1.807, 2.05) is 20.8 Å². The Balaban J connectivity index is 1.62. The molecule has 198 valence electrons. The minimum absolute atomic E-state index is 0.00836. The molecule has 0 aromatic heterocycles. The van der Waals surface area contributed by atoms with Crippen molar-refractivity contribution in [1.29, 1.82) is 0 Å². The van der Waals surface area contributed by atoms with Gasteiger partial charge in [-0.1, -0.05) is 34.6 Å². The Bertz CT molecular complexity index is 768. The molecule has 4 fully saturated rings. The van der Waals surface area contributed by atoms with Gasteiger partial charge in [-0.2, -0.15) is 0 Å². The zero-order valence-electron chi connectivity index (χ0n) is 23.3. The smallest absolute Gasteiger partial charge is 0.0651 e. The maximum atomic E-state index is 11.8. The number of aliphatic hydroxyl groups is 4. The predicted molar refractivity (Wildman–Crippen MR) is 137 cm³/mol. The van der Waals surface area contributed by atoms with Crippen LogP contribution in [-0.2, 0) is 0 Å². The normalized spacial score (nSPS) is 50.1. The topological polar surface area (TPSA) is 80.9 Å². The lowest BCUT2D eigenvalue weighted by atomic mass is 9.35. The Labute approximate surface area is 208 Å². The molecule has 4 rings (SSSR count). The van der Waals surface area contributed by atoms with Gasteiger partial charge in [-0.15, -0.1) is 0 Å². The first-order chi connectivity index (χ1) is 15.4. The van der Waals surface area contributed by atoms with Crippen molar-refractivity contribution in [2.24, 2.45) is 45.3 Å². The van der Waals surface area contributed by atoms with E-state index in [0.717, 1.165) is 51.4 Å². The van der Waals surface area contributed by atoms with Crippen LogP contribution in [0, 0.1) is 45.3 Å². The van der Waals surface area contributed by atoms with Gasteiger partial charge in [-0.3, -0.25) is 0 Å². The van der Waals surface area contributed by atoms with E-state index in [4.69, 9.17) is 0 Å². The molecule has 4 saturated carbocycles. The molecule has 4 heteroatoms. The van der Waals surface area contributed by atoms with E-state index < -0.39 is 11.2 Å². The molecule has 0 spiro atoms. The van der Waals surface area contributed by atoms with Gasteiger partial charge >= 0.3 is 0 Å². The van der Waals surface area contributed by atoms with Gasteiger partial charge in [0, 0.05) is 0 Å². The molecular formula is C30H54O4. The van der Waals surface area contributed by atoms with Gasteiger partial charge in [-0.25, -0.2) is 0 Å². The first kappa shape index (κ1) is 26.9. The minimum atomic E-state index is -0.824. The van der Waals surface area contributed by atoms with Crippen molar-refractivity contribution in [1.82, 2.24) is 0 Å². The maximum Gasteiger partial charge on any atom is 0.0651 e. The van der Waals surface area contributed by atoms with Crippen LogP contribution in [0.3, 0.4) is 0 Å². The molecule has 0 amide bonds. The van der Waals surface area contributed by atoms with Crippen LogP contribution in [0.2, 0.25) is 0 Å². The summed E-state index contributed by atoms with van der Waals surface area (Å²) in [5.74, 6) is 1.15. The van der Waals surface area contributed by atoms with Gasteiger partial charge in [-0.05, 0) is 130 Å². The van der Waals surface area contributed by atoms with E-state index in [1.54, 1.807) is 0 Å². The summed E-state index contributed by atoms with van der Waals surface area (Å²) in [7, 11) is 0. The quantitative estimate of drug-likeness (QED) is 0.409. The molecule has 0 saturated heterocycles. The monoisotopic (exact) mass is 478 g/mol. The summed E-state index contributed by atoms with van der Waals surface area (Å²) in [4.78, 5) is 0. The van der Waals surface area contributed by atoms with Crippen LogP contribution in [0.15, 0.2) is 0 Å². The number of rotatable bonds is 5. The summed E-state index contributed by atoms with van der Waals surface area (Å²) in [5, 5.41) is 44.5. The van der Waals surface area contributed by atoms with E-state index in [2.05, 4.69) is 34.6 Å². The first-order valence-electron chi connectivity index (χ1n) is 14.2. The van der Waals surface area contributed by atoms with Crippen molar-refractivity contribution in [3.8, 4) is 0 Å². The molecule has 10 atom stereocenters. The SMILES string of the molecule is CC(C)(O)CCCC(C)(O)C1CCC2(C)C1C(O)CC1C3(C)CCC(O)C(C)(C)C3CCC12C. The largest absolute Gasteiger partial charge is 0.393 e. The Morgan fingerprint density at radius 3 is 2.00 bits per heavy atom. The lowest BCUT2D eigenvalue weighted by Crippen LogP contribution is -2.66. The van der Waals surface area contributed by atoms with Crippen molar-refractivity contribution in [3.05, 3.63) is 0 Å². The van der Waals surface area contributed by atoms with Crippen LogP contribution in [0.4, 0.5) is 0 Å². The lowest BCUT2D eigenvalue weighted by Gasteiger charge is -2.70. The number of aliphatic hydroxyl groups excluding tert-OH is 2. The van der Waals surface area contributed by atoms with Gasteiger partial charge in [0.05, 0.1) is 23.4 Å². The highest BCUT2D eigenvalue weighted by Gasteiger charge is 2.71. The zero-order valence-corrected chi connectivity index (χ0v) is 23.3. The molecule has 4 N–H and O–H groups in total. The van der Waals surface area contributed by atoms with E-state index in [-0.39, 0.29) is 45.7 Å². The molecule has 0 aliphatic heterocycles. The standard InChI is InChI=1S/C30H54O4/c1-25(2,33)13-9-14-30(8,34)19-10-16-29(7)24(19)20(31)18-22-27(5)15-12-23(32)26(3,4)21(27)11-17-28(22,29)6/h19-24,31-34H,9-18H2,1-8H3. The summed E-state index contributed by atoms with van der Waals surface area (Å²) < 4.78 is 0. The molecule has 34 heavy (non-hydrogen) atoms. The Kier molecular flexibility index (Phi) is 6.46. The molecule has 10 unspecified atom stereocenters. The zero-order chi connectivity index (χ0) is 25.5. The van der Waals surface area contributed by atoms with E-state index in [9.17, 15) is 20.4 Å². The third-order valence-corrected chi connectivity index (χ3v) is 12.6. The van der Waals surface area contributed by atoms with Crippen molar-refractivity contribution in [2.75, 3.05) is 0 Å². The van der Waals surface area contributed by atoms with E-state index in [1.165, 1.54) is 0 Å². The highest BCUT2D eigenvalue weighted by atomic mass is 16.3. The van der Waals surface area contributed by atoms with Gasteiger partial charge in [0.15, 0.2) is 0 Å². The second-order valence-corrected chi connectivity index (χ2v) is 15.4. The molecular weight excluding hydrogens is 424 g/mol. The summed E-state index contributed by atoms with van der Waals surface area (Å²) >= 11 is 0. The fraction of sp³-hybridized carbons (Fsp3) is 1.00. The van der Waals surface area contributed by atoms with Crippen LogP contribution >= 0.6 is 0 Å². The van der Waals surface area contributed by atoms with E-state index >= 15 is 0 Å². The number of fused-ring (bicyclic) bond motifs is 5. The van der Waals surface area contributed by atoms with Crippen LogP contribution in [0.1, 0.15) is 120 Å². The molecule has 0 radical (unpaired) electrons. The van der Waals surface area contributed by atoms with Crippen LogP contribution < -0.4 is 0 Å². The average Bonchev–Trinajstić information content (AvgIpc) is 3.07. The molecule has 0 aromatic carbocycles. The summed E-state index contributed by atoms with van der Waals surface area (Å²) in [6.45, 7) is 17.6. The fourth-order valence-corrected chi connectivity index (χ4v) is 10.5. The van der Waals surface area contributed by atoms with Crippen molar-refractivity contribution >= 4 is 0 Å². The predicted octanol–water partition coefficient (Wildman–Crippen LogP) is 5.70. The van der Waals surface area contributed by atoms with Gasteiger partial charge in [0.2, 0.25) is 0 Å². The minimum Gasteiger partial charge on any atom is -0.393 e. The van der Waals surface area contributed by atoms with Gasteiger partial charge < -0.3 is 20.4 Å². The average molecular weight is 479 g/mol. The van der Waals surface area contributed by atoms with Gasteiger partial charge in [0.1, 0.15) is 0 Å². The molecule has 4 aliphatic rings. The first-order valence-corrected chi connectivity index (χ1v) is 14.2. The molecule has 0 bridgehead atoms. The lowest BCUT2D eigenvalue weighted by molar-refractivity contribution is -0.246. The van der Waals surface area contributed by atoms with Crippen LogP contribution in [0.5, 0.6) is 0 Å². The third kappa shape index (κ3) is 3.84. The second kappa shape index (κ2) is 8.17. The fourth-order valence-electron chi connectivity index (χ4n) is 10.5. The van der Waals surface area contributed by atoms with Crippen molar-refractivity contribution in [2.45, 2.75) is 143 Å². The van der Waals surface area contributed by atoms with Crippen LogP contribution in [-0.4, -0.2) is 43.8 Å². The van der Waals surface area contributed by atoms with Crippen LogP contribution in [0.25, 0.3) is 0 Å². The highest BCUT2D eigenvalue weighted by molar-refractivity contribution is 5.19. The molecule has 4 nitrogen and oxygen atoms in total. The van der Waals surface area contributed by atoms with E-state index in [0.29, 0.717) is 24.7 Å².